The topological polar surface area (TPSA) is 35.8 Å². The largest absolute Gasteiger partial charge is 0.378 e. The molecule has 0 unspecified atom stereocenters. The first-order valence-corrected chi connectivity index (χ1v) is 3.74. The van der Waals surface area contributed by atoms with E-state index >= 15 is 0 Å². The molecule has 0 heterocycles. The van der Waals surface area contributed by atoms with Crippen molar-refractivity contribution in [1.82, 2.24) is 5.32 Å². The Morgan fingerprint density at radius 3 is 2.70 bits per heavy atom. The molecule has 0 radical (unpaired) electrons. The van der Waals surface area contributed by atoms with Gasteiger partial charge in [0.15, 0.2) is 0 Å². The van der Waals surface area contributed by atoms with Crippen LogP contribution in [-0.2, 0) is 0 Å². The average molecular weight is 156 g/mol. The van der Waals surface area contributed by atoms with Gasteiger partial charge < -0.3 is 5.32 Å². The van der Waals surface area contributed by atoms with Crippen LogP contribution in [0.4, 0.5) is 0 Å². The van der Waals surface area contributed by atoms with Crippen LogP contribution in [0.1, 0.15) is 20.3 Å². The predicted octanol–water partition coefficient (Wildman–Crippen LogP) is 1.47. The van der Waals surface area contributed by atoms with Gasteiger partial charge in [-0.25, -0.2) is 0 Å². The molecule has 0 aromatic heterocycles. The summed E-state index contributed by atoms with van der Waals surface area (Å²) in [5.74, 6) is 0.383. The predicted molar refractivity (Wildman–Crippen MR) is 45.7 cm³/mol. The summed E-state index contributed by atoms with van der Waals surface area (Å²) in [5.41, 5.74) is 0. The molecule has 10 heavy (non-hydrogen) atoms. The van der Waals surface area contributed by atoms with Crippen molar-refractivity contribution in [1.29, 1.82) is 5.26 Å². The van der Waals surface area contributed by atoms with E-state index in [1.165, 1.54) is 0 Å². The van der Waals surface area contributed by atoms with Crippen molar-refractivity contribution >= 4 is 17.2 Å². The zero-order valence-electron chi connectivity index (χ0n) is 6.35. The van der Waals surface area contributed by atoms with E-state index in [9.17, 15) is 0 Å². The Hall–Kier alpha value is -0.620. The molecule has 0 saturated heterocycles. The molecule has 0 amide bonds. The lowest BCUT2D eigenvalue weighted by atomic mass is 10.2. The van der Waals surface area contributed by atoms with Crippen LogP contribution in [0.2, 0.25) is 0 Å². The minimum Gasteiger partial charge on any atom is -0.378 e. The Labute approximate surface area is 67.2 Å². The minimum absolute atomic E-state index is 0.383. The van der Waals surface area contributed by atoms with E-state index in [0.29, 0.717) is 18.9 Å². The van der Waals surface area contributed by atoms with E-state index in [1.807, 2.05) is 19.9 Å². The summed E-state index contributed by atoms with van der Waals surface area (Å²) in [6.07, 6.45) is 0.521. The average Bonchev–Trinajstić information content (AvgIpc) is 1.88. The van der Waals surface area contributed by atoms with Crippen molar-refractivity contribution < 1.29 is 0 Å². The van der Waals surface area contributed by atoms with Crippen LogP contribution in [0.25, 0.3) is 0 Å². The fourth-order valence-corrected chi connectivity index (χ4v) is 0.548. The standard InChI is InChI=1S/C7H12N2S/c1-6(2)7(10)9-5-3-4-8/h6H,3,5H2,1-2H3,(H,9,10). The monoisotopic (exact) mass is 156 g/mol. The molecule has 0 aliphatic rings. The van der Waals surface area contributed by atoms with Crippen molar-refractivity contribution in [2.45, 2.75) is 20.3 Å². The van der Waals surface area contributed by atoms with Gasteiger partial charge in [0.05, 0.1) is 17.5 Å². The van der Waals surface area contributed by atoms with Crippen LogP contribution in [0.5, 0.6) is 0 Å². The zero-order valence-corrected chi connectivity index (χ0v) is 7.16. The van der Waals surface area contributed by atoms with Gasteiger partial charge in [-0.2, -0.15) is 5.26 Å². The number of thiocarbonyl (C=S) groups is 1. The molecular weight excluding hydrogens is 144 g/mol. The Morgan fingerprint density at radius 2 is 2.30 bits per heavy atom. The zero-order chi connectivity index (χ0) is 7.98. The second-order valence-corrected chi connectivity index (χ2v) is 2.79. The third-order valence-corrected chi connectivity index (χ3v) is 1.68. The first-order valence-electron chi connectivity index (χ1n) is 3.33. The molecule has 3 heteroatoms. The molecule has 56 valence electrons. The minimum atomic E-state index is 0.383. The highest BCUT2D eigenvalue weighted by molar-refractivity contribution is 7.80. The second kappa shape index (κ2) is 5.19. The van der Waals surface area contributed by atoms with Gasteiger partial charge in [-0.15, -0.1) is 0 Å². The Morgan fingerprint density at radius 1 is 1.70 bits per heavy atom. The van der Waals surface area contributed by atoms with Crippen LogP contribution in [-0.4, -0.2) is 11.5 Å². The number of hydrogen-bond donors (Lipinski definition) is 1. The van der Waals surface area contributed by atoms with Crippen LogP contribution in [0.3, 0.4) is 0 Å². The van der Waals surface area contributed by atoms with Crippen LogP contribution < -0.4 is 5.32 Å². The van der Waals surface area contributed by atoms with Crippen LogP contribution >= 0.6 is 12.2 Å². The lowest BCUT2D eigenvalue weighted by Gasteiger charge is -2.07. The molecule has 0 saturated carbocycles. The molecular formula is C7H12N2S. The van der Waals surface area contributed by atoms with Crippen molar-refractivity contribution in [2.75, 3.05) is 6.54 Å². The SMILES string of the molecule is CC(C)C(=S)NCCC#N. The highest BCUT2D eigenvalue weighted by Gasteiger charge is 1.98. The summed E-state index contributed by atoms with van der Waals surface area (Å²) >= 11 is 4.97. The van der Waals surface area contributed by atoms with Crippen molar-refractivity contribution in [3.8, 4) is 6.07 Å². The van der Waals surface area contributed by atoms with E-state index < -0.39 is 0 Å². The highest BCUT2D eigenvalue weighted by atomic mass is 32.1. The first kappa shape index (κ1) is 9.38. The van der Waals surface area contributed by atoms with Gasteiger partial charge in [0.1, 0.15) is 0 Å². The van der Waals surface area contributed by atoms with Crippen molar-refractivity contribution in [3.05, 3.63) is 0 Å². The molecule has 0 aliphatic carbocycles. The maximum absolute atomic E-state index is 8.18. The highest BCUT2D eigenvalue weighted by Crippen LogP contribution is 1.92. The molecule has 0 rings (SSSR count). The smallest absolute Gasteiger partial charge is 0.0779 e. The fraction of sp³-hybridized carbons (Fsp3) is 0.714. The van der Waals surface area contributed by atoms with Crippen LogP contribution in [0.15, 0.2) is 0 Å². The molecule has 0 spiro atoms. The van der Waals surface area contributed by atoms with Gasteiger partial charge in [0, 0.05) is 12.5 Å². The van der Waals surface area contributed by atoms with Gasteiger partial charge >= 0.3 is 0 Å². The Bertz CT molecular complexity index is 146. The maximum atomic E-state index is 8.18. The Kier molecular flexibility index (Phi) is 4.87. The third-order valence-electron chi connectivity index (χ3n) is 1.06. The number of hydrogen-bond acceptors (Lipinski definition) is 2. The van der Waals surface area contributed by atoms with Gasteiger partial charge in [-0.1, -0.05) is 26.1 Å². The molecule has 0 aliphatic heterocycles. The molecule has 0 aromatic rings. The van der Waals surface area contributed by atoms with Gasteiger partial charge in [-0.3, -0.25) is 0 Å². The summed E-state index contributed by atoms with van der Waals surface area (Å²) in [6.45, 7) is 4.73. The molecule has 2 nitrogen and oxygen atoms in total. The van der Waals surface area contributed by atoms with Gasteiger partial charge in [-0.05, 0) is 0 Å². The van der Waals surface area contributed by atoms with Crippen molar-refractivity contribution in [2.24, 2.45) is 5.92 Å². The third kappa shape index (κ3) is 4.28. The Balaban J connectivity index is 3.33. The van der Waals surface area contributed by atoms with E-state index in [2.05, 4.69) is 5.32 Å². The van der Waals surface area contributed by atoms with E-state index in [4.69, 9.17) is 17.5 Å². The summed E-state index contributed by atoms with van der Waals surface area (Å²) in [5, 5.41) is 11.2. The normalized spacial score (nSPS) is 9.00. The van der Waals surface area contributed by atoms with E-state index in [1.54, 1.807) is 0 Å². The summed E-state index contributed by atoms with van der Waals surface area (Å²) in [4.78, 5) is 0.843. The lowest BCUT2D eigenvalue weighted by molar-refractivity contribution is 0.807. The molecule has 0 aromatic carbocycles. The molecule has 1 N–H and O–H groups in total. The summed E-state index contributed by atoms with van der Waals surface area (Å²) in [7, 11) is 0. The number of nitrogens with one attached hydrogen (secondary N) is 1. The van der Waals surface area contributed by atoms with Crippen molar-refractivity contribution in [3.63, 3.8) is 0 Å². The second-order valence-electron chi connectivity index (χ2n) is 2.35. The van der Waals surface area contributed by atoms with E-state index in [-0.39, 0.29) is 0 Å². The first-order chi connectivity index (χ1) is 4.68. The quantitative estimate of drug-likeness (QED) is 0.496. The summed E-state index contributed by atoms with van der Waals surface area (Å²) in [6, 6.07) is 2.04. The summed E-state index contributed by atoms with van der Waals surface area (Å²) < 4.78 is 0. The number of rotatable bonds is 3. The van der Waals surface area contributed by atoms with E-state index in [0.717, 1.165) is 4.99 Å². The fourth-order valence-electron chi connectivity index (χ4n) is 0.446. The van der Waals surface area contributed by atoms with Gasteiger partial charge in [0.2, 0.25) is 0 Å². The molecule has 0 bridgehead atoms. The maximum Gasteiger partial charge on any atom is 0.0779 e. The molecule has 0 fully saturated rings. The lowest BCUT2D eigenvalue weighted by Crippen LogP contribution is -2.26. The van der Waals surface area contributed by atoms with Crippen LogP contribution in [0, 0.1) is 17.2 Å². The van der Waals surface area contributed by atoms with Gasteiger partial charge in [0.25, 0.3) is 0 Å². The number of nitrogens with zero attached hydrogens (tertiary/aromatic N) is 1. The number of nitriles is 1. The molecule has 0 atom stereocenters.